The monoisotopic (exact) mass is 293 g/mol. The van der Waals surface area contributed by atoms with Crippen molar-refractivity contribution in [2.24, 2.45) is 5.92 Å². The highest BCUT2D eigenvalue weighted by Crippen LogP contribution is 2.33. The average molecular weight is 293 g/mol. The van der Waals surface area contributed by atoms with Crippen LogP contribution in [0, 0.1) is 5.92 Å². The van der Waals surface area contributed by atoms with Crippen molar-refractivity contribution in [1.82, 2.24) is 15.1 Å². The molecule has 5 nitrogen and oxygen atoms in total. The first-order chi connectivity index (χ1) is 9.65. The molecule has 0 saturated heterocycles. The lowest BCUT2D eigenvalue weighted by Gasteiger charge is -2.24. The van der Waals surface area contributed by atoms with Crippen molar-refractivity contribution >= 4 is 11.3 Å². The van der Waals surface area contributed by atoms with Crippen LogP contribution in [0.5, 0.6) is 0 Å². The van der Waals surface area contributed by atoms with Crippen LogP contribution < -0.4 is 0 Å². The molecule has 20 heavy (non-hydrogen) atoms. The Labute approximate surface area is 122 Å². The number of likely N-dealkylation sites (N-methyl/N-ethyl adjacent to an activating group) is 1. The molecule has 2 unspecified atom stereocenters. The van der Waals surface area contributed by atoms with Gasteiger partial charge in [0.15, 0.2) is 0 Å². The van der Waals surface area contributed by atoms with Crippen molar-refractivity contribution in [3.8, 4) is 10.8 Å². The highest BCUT2D eigenvalue weighted by molar-refractivity contribution is 7.13. The van der Waals surface area contributed by atoms with Gasteiger partial charge in [-0.1, -0.05) is 6.07 Å². The molecule has 1 aliphatic carbocycles. The van der Waals surface area contributed by atoms with Crippen molar-refractivity contribution in [2.75, 3.05) is 13.6 Å². The van der Waals surface area contributed by atoms with Crippen LogP contribution in [-0.4, -0.2) is 39.9 Å². The van der Waals surface area contributed by atoms with Crippen LogP contribution in [0.25, 0.3) is 10.8 Å². The summed E-state index contributed by atoms with van der Waals surface area (Å²) in [5, 5.41) is 20.2. The highest BCUT2D eigenvalue weighted by Gasteiger charge is 2.31. The SMILES string of the molecule is CC(c1nnc(-c2cccs2)o1)N(C)CC(O)C1CC1. The van der Waals surface area contributed by atoms with Crippen molar-refractivity contribution < 1.29 is 9.52 Å². The van der Waals surface area contributed by atoms with Gasteiger partial charge in [0.05, 0.1) is 17.0 Å². The third-order valence-electron chi connectivity index (χ3n) is 3.83. The Kier molecular flexibility index (Phi) is 3.87. The molecule has 2 aromatic rings. The van der Waals surface area contributed by atoms with Gasteiger partial charge in [-0.15, -0.1) is 21.5 Å². The molecule has 1 fully saturated rings. The molecular weight excluding hydrogens is 274 g/mol. The Hall–Kier alpha value is -1.24. The van der Waals surface area contributed by atoms with Crippen molar-refractivity contribution in [2.45, 2.75) is 31.9 Å². The van der Waals surface area contributed by atoms with Gasteiger partial charge >= 0.3 is 0 Å². The Morgan fingerprint density at radius 3 is 2.95 bits per heavy atom. The van der Waals surface area contributed by atoms with E-state index in [0.717, 1.165) is 17.7 Å². The Morgan fingerprint density at radius 2 is 2.30 bits per heavy atom. The van der Waals surface area contributed by atoms with E-state index in [1.54, 1.807) is 11.3 Å². The van der Waals surface area contributed by atoms with Gasteiger partial charge in [-0.3, -0.25) is 4.90 Å². The molecule has 6 heteroatoms. The van der Waals surface area contributed by atoms with Crippen LogP contribution in [-0.2, 0) is 0 Å². The van der Waals surface area contributed by atoms with Gasteiger partial charge < -0.3 is 9.52 Å². The first-order valence-corrected chi connectivity index (χ1v) is 7.78. The quantitative estimate of drug-likeness (QED) is 0.887. The minimum atomic E-state index is -0.248. The number of hydrogen-bond acceptors (Lipinski definition) is 6. The molecule has 0 radical (unpaired) electrons. The number of hydrogen-bond donors (Lipinski definition) is 1. The third-order valence-corrected chi connectivity index (χ3v) is 4.69. The highest BCUT2D eigenvalue weighted by atomic mass is 32.1. The van der Waals surface area contributed by atoms with Gasteiger partial charge in [0.2, 0.25) is 5.89 Å². The topological polar surface area (TPSA) is 62.4 Å². The minimum absolute atomic E-state index is 0.00427. The number of thiophene rings is 1. The van der Waals surface area contributed by atoms with E-state index in [0.29, 0.717) is 24.2 Å². The second kappa shape index (κ2) is 5.63. The molecule has 1 N–H and O–H groups in total. The molecule has 0 aliphatic heterocycles. The predicted octanol–water partition coefficient (Wildman–Crippen LogP) is 2.56. The number of aromatic nitrogens is 2. The van der Waals surface area contributed by atoms with Gasteiger partial charge in [-0.2, -0.15) is 0 Å². The third kappa shape index (κ3) is 2.92. The zero-order valence-corrected chi connectivity index (χ0v) is 12.5. The van der Waals surface area contributed by atoms with Gasteiger partial charge in [-0.05, 0) is 44.2 Å². The zero-order chi connectivity index (χ0) is 14.1. The number of aliphatic hydroxyl groups excluding tert-OH is 1. The summed E-state index contributed by atoms with van der Waals surface area (Å²) in [4.78, 5) is 3.05. The molecule has 1 aliphatic rings. The maximum Gasteiger partial charge on any atom is 0.257 e. The second-order valence-electron chi connectivity index (χ2n) is 5.44. The lowest BCUT2D eigenvalue weighted by atomic mass is 10.2. The van der Waals surface area contributed by atoms with Crippen molar-refractivity contribution in [3.05, 3.63) is 23.4 Å². The maximum absolute atomic E-state index is 10.0. The fourth-order valence-electron chi connectivity index (χ4n) is 2.17. The van der Waals surface area contributed by atoms with Crippen LogP contribution in [0.4, 0.5) is 0 Å². The average Bonchev–Trinajstić information content (AvgIpc) is 2.95. The number of rotatable bonds is 6. The Balaban J connectivity index is 1.65. The van der Waals surface area contributed by atoms with Gasteiger partial charge in [0.1, 0.15) is 0 Å². The van der Waals surface area contributed by atoms with Crippen LogP contribution in [0.1, 0.15) is 31.7 Å². The predicted molar refractivity (Wildman–Crippen MR) is 77.4 cm³/mol. The molecule has 1 saturated carbocycles. The molecule has 2 heterocycles. The van der Waals surface area contributed by atoms with E-state index in [9.17, 15) is 5.11 Å². The summed E-state index contributed by atoms with van der Waals surface area (Å²) in [5.41, 5.74) is 0. The van der Waals surface area contributed by atoms with E-state index < -0.39 is 0 Å². The second-order valence-corrected chi connectivity index (χ2v) is 6.39. The molecule has 0 spiro atoms. The summed E-state index contributed by atoms with van der Waals surface area (Å²) in [6.45, 7) is 2.66. The van der Waals surface area contributed by atoms with E-state index in [1.807, 2.05) is 31.5 Å². The molecule has 0 amide bonds. The molecule has 3 rings (SSSR count). The van der Waals surface area contributed by atoms with Crippen LogP contribution in [0.2, 0.25) is 0 Å². The largest absolute Gasteiger partial charge is 0.418 e. The summed E-state index contributed by atoms with van der Waals surface area (Å²) >= 11 is 1.58. The van der Waals surface area contributed by atoms with Gasteiger partial charge in [0.25, 0.3) is 5.89 Å². The minimum Gasteiger partial charge on any atom is -0.418 e. The fourth-order valence-corrected chi connectivity index (χ4v) is 2.82. The lowest BCUT2D eigenvalue weighted by Crippen LogP contribution is -2.32. The van der Waals surface area contributed by atoms with E-state index in [-0.39, 0.29) is 12.1 Å². The van der Waals surface area contributed by atoms with Crippen LogP contribution >= 0.6 is 11.3 Å². The smallest absolute Gasteiger partial charge is 0.257 e. The fraction of sp³-hybridized carbons (Fsp3) is 0.571. The van der Waals surface area contributed by atoms with Gasteiger partial charge in [-0.25, -0.2) is 0 Å². The maximum atomic E-state index is 10.0. The summed E-state index contributed by atoms with van der Waals surface area (Å²) < 4.78 is 5.73. The van der Waals surface area contributed by atoms with E-state index >= 15 is 0 Å². The molecule has 2 atom stereocenters. The lowest BCUT2D eigenvalue weighted by molar-refractivity contribution is 0.0852. The molecule has 0 aromatic carbocycles. The first kappa shape index (κ1) is 13.7. The molecule has 0 bridgehead atoms. The number of nitrogens with zero attached hydrogens (tertiary/aromatic N) is 3. The summed E-state index contributed by atoms with van der Waals surface area (Å²) in [5.74, 6) is 1.64. The summed E-state index contributed by atoms with van der Waals surface area (Å²) in [7, 11) is 1.98. The van der Waals surface area contributed by atoms with E-state index in [4.69, 9.17) is 4.42 Å². The number of aliphatic hydroxyl groups is 1. The van der Waals surface area contributed by atoms with Gasteiger partial charge in [0, 0.05) is 6.54 Å². The molecule has 2 aromatic heterocycles. The zero-order valence-electron chi connectivity index (χ0n) is 11.7. The Bertz CT molecular complexity index is 551. The first-order valence-electron chi connectivity index (χ1n) is 6.90. The standard InChI is InChI=1S/C14H19N3O2S/c1-9(17(2)8-11(18)10-5-6-10)13-15-16-14(19-13)12-4-3-7-20-12/h3-4,7,9-11,18H,5-6,8H2,1-2H3. The van der Waals surface area contributed by atoms with E-state index in [1.165, 1.54) is 0 Å². The van der Waals surface area contributed by atoms with E-state index in [2.05, 4.69) is 15.1 Å². The van der Waals surface area contributed by atoms with Crippen molar-refractivity contribution in [3.63, 3.8) is 0 Å². The Morgan fingerprint density at radius 1 is 1.50 bits per heavy atom. The van der Waals surface area contributed by atoms with Crippen LogP contribution in [0.3, 0.4) is 0 Å². The summed E-state index contributed by atoms with van der Waals surface area (Å²) in [6.07, 6.45) is 2.04. The molecular formula is C14H19N3O2S. The van der Waals surface area contributed by atoms with Crippen molar-refractivity contribution in [1.29, 1.82) is 0 Å². The molecule has 108 valence electrons. The normalized spacial score (nSPS) is 18.4. The summed E-state index contributed by atoms with van der Waals surface area (Å²) in [6, 6.07) is 3.93. The van der Waals surface area contributed by atoms with Crippen LogP contribution in [0.15, 0.2) is 21.9 Å².